The minimum Gasteiger partial charge on any atom is -0.497 e. The normalized spacial score (nSPS) is 26.1. The van der Waals surface area contributed by atoms with Crippen LogP contribution in [-0.2, 0) is 4.74 Å². The van der Waals surface area contributed by atoms with Crippen LogP contribution in [0.3, 0.4) is 0 Å². The van der Waals surface area contributed by atoms with Crippen LogP contribution in [0.25, 0.3) is 6.08 Å². The topological polar surface area (TPSA) is 18.5 Å². The fraction of sp³-hybridized carbons (Fsp3) is 0.429. The summed E-state index contributed by atoms with van der Waals surface area (Å²) < 4.78 is 11.5. The van der Waals surface area contributed by atoms with Crippen LogP contribution in [0.2, 0.25) is 0 Å². The lowest BCUT2D eigenvalue weighted by atomic mass is 9.65. The van der Waals surface area contributed by atoms with Crippen LogP contribution < -0.4 is 4.74 Å². The van der Waals surface area contributed by atoms with Crippen molar-refractivity contribution in [3.8, 4) is 5.75 Å². The van der Waals surface area contributed by atoms with Crippen LogP contribution in [0.1, 0.15) is 45.6 Å². The van der Waals surface area contributed by atoms with E-state index in [0.717, 1.165) is 23.5 Å². The summed E-state index contributed by atoms with van der Waals surface area (Å²) >= 11 is 0. The van der Waals surface area contributed by atoms with Crippen molar-refractivity contribution in [3.05, 3.63) is 59.4 Å². The SMILES string of the molecule is COc1ccc(/C=C/C2=CC=C3C(C)(C)CCCC3(C)O2)cc1. The van der Waals surface area contributed by atoms with Gasteiger partial charge in [0.05, 0.1) is 7.11 Å². The Bertz CT molecular complexity index is 662. The molecule has 1 aliphatic heterocycles. The van der Waals surface area contributed by atoms with Crippen molar-refractivity contribution >= 4 is 6.08 Å². The first-order valence-corrected chi connectivity index (χ1v) is 8.37. The second-order valence-electron chi connectivity index (χ2n) is 7.33. The lowest BCUT2D eigenvalue weighted by Crippen LogP contribution is -2.42. The van der Waals surface area contributed by atoms with Gasteiger partial charge < -0.3 is 9.47 Å². The van der Waals surface area contributed by atoms with Crippen LogP contribution in [0, 0.1) is 5.41 Å². The Labute approximate surface area is 139 Å². The largest absolute Gasteiger partial charge is 0.497 e. The molecule has 2 aliphatic rings. The van der Waals surface area contributed by atoms with E-state index in [2.05, 4.69) is 45.1 Å². The lowest BCUT2D eigenvalue weighted by Gasteiger charge is -2.47. The molecular weight excluding hydrogens is 284 g/mol. The highest BCUT2D eigenvalue weighted by Crippen LogP contribution is 2.49. The Morgan fingerprint density at radius 3 is 2.43 bits per heavy atom. The van der Waals surface area contributed by atoms with Gasteiger partial charge in [0.1, 0.15) is 17.1 Å². The molecule has 1 fully saturated rings. The van der Waals surface area contributed by atoms with Gasteiger partial charge in [0, 0.05) is 0 Å². The molecule has 1 saturated carbocycles. The van der Waals surface area contributed by atoms with Gasteiger partial charge in [-0.05, 0) is 67.0 Å². The van der Waals surface area contributed by atoms with Gasteiger partial charge in [0.15, 0.2) is 0 Å². The zero-order valence-corrected chi connectivity index (χ0v) is 14.6. The third-order valence-corrected chi connectivity index (χ3v) is 5.07. The zero-order valence-electron chi connectivity index (χ0n) is 14.6. The molecule has 1 aromatic carbocycles. The summed E-state index contributed by atoms with van der Waals surface area (Å²) in [6.07, 6.45) is 12.1. The van der Waals surface area contributed by atoms with Gasteiger partial charge in [-0.25, -0.2) is 0 Å². The van der Waals surface area contributed by atoms with E-state index < -0.39 is 0 Å². The van der Waals surface area contributed by atoms with E-state index in [9.17, 15) is 0 Å². The molecule has 23 heavy (non-hydrogen) atoms. The predicted molar refractivity (Wildman–Crippen MR) is 95.3 cm³/mol. The van der Waals surface area contributed by atoms with Crippen molar-refractivity contribution < 1.29 is 9.47 Å². The summed E-state index contributed by atoms with van der Waals surface area (Å²) in [7, 11) is 1.68. The summed E-state index contributed by atoms with van der Waals surface area (Å²) in [6, 6.07) is 8.04. The quantitative estimate of drug-likeness (QED) is 0.732. The Morgan fingerprint density at radius 1 is 1.00 bits per heavy atom. The highest BCUT2D eigenvalue weighted by molar-refractivity contribution is 5.54. The fourth-order valence-corrected chi connectivity index (χ4v) is 3.80. The highest BCUT2D eigenvalue weighted by Gasteiger charge is 2.44. The molecule has 0 N–H and O–H groups in total. The Hall–Kier alpha value is -1.96. The average Bonchev–Trinajstić information content (AvgIpc) is 2.52. The molecule has 0 amide bonds. The first-order valence-electron chi connectivity index (χ1n) is 8.37. The van der Waals surface area contributed by atoms with Gasteiger partial charge in [-0.3, -0.25) is 0 Å². The molecule has 1 unspecified atom stereocenters. The third-order valence-electron chi connectivity index (χ3n) is 5.07. The molecule has 0 bridgehead atoms. The third kappa shape index (κ3) is 3.21. The van der Waals surface area contributed by atoms with Crippen LogP contribution in [0.5, 0.6) is 5.75 Å². The number of allylic oxidation sites excluding steroid dienone is 3. The molecule has 2 nitrogen and oxygen atoms in total. The fourth-order valence-electron chi connectivity index (χ4n) is 3.80. The summed E-state index contributed by atoms with van der Waals surface area (Å²) in [6.45, 7) is 6.88. The number of ether oxygens (including phenoxy) is 2. The Kier molecular flexibility index (Phi) is 4.09. The average molecular weight is 310 g/mol. The minimum atomic E-state index is -0.157. The van der Waals surface area contributed by atoms with E-state index >= 15 is 0 Å². The minimum absolute atomic E-state index is 0.157. The van der Waals surface area contributed by atoms with Crippen molar-refractivity contribution in [3.63, 3.8) is 0 Å². The smallest absolute Gasteiger partial charge is 0.128 e. The number of rotatable bonds is 3. The molecular formula is C21H26O2. The second-order valence-corrected chi connectivity index (χ2v) is 7.33. The van der Waals surface area contributed by atoms with E-state index in [1.165, 1.54) is 18.4 Å². The first-order chi connectivity index (χ1) is 10.9. The van der Waals surface area contributed by atoms with Crippen molar-refractivity contribution in [1.29, 1.82) is 0 Å². The van der Waals surface area contributed by atoms with Crippen molar-refractivity contribution in [2.45, 2.75) is 45.6 Å². The van der Waals surface area contributed by atoms with E-state index in [0.29, 0.717) is 0 Å². The molecule has 1 aliphatic carbocycles. The molecule has 1 heterocycles. The van der Waals surface area contributed by atoms with Crippen LogP contribution in [0.4, 0.5) is 0 Å². The van der Waals surface area contributed by atoms with Crippen molar-refractivity contribution in [2.24, 2.45) is 5.41 Å². The molecule has 0 aromatic heterocycles. The number of hydrogen-bond donors (Lipinski definition) is 0. The summed E-state index contributed by atoms with van der Waals surface area (Å²) in [4.78, 5) is 0. The summed E-state index contributed by atoms with van der Waals surface area (Å²) in [5.74, 6) is 1.81. The van der Waals surface area contributed by atoms with E-state index in [-0.39, 0.29) is 11.0 Å². The van der Waals surface area contributed by atoms with Gasteiger partial charge in [-0.1, -0.05) is 38.1 Å². The number of fused-ring (bicyclic) bond motifs is 1. The molecule has 0 saturated heterocycles. The lowest BCUT2D eigenvalue weighted by molar-refractivity contribution is 0.00705. The number of benzene rings is 1. The molecule has 0 spiro atoms. The predicted octanol–water partition coefficient (Wildman–Crippen LogP) is 5.52. The van der Waals surface area contributed by atoms with Crippen LogP contribution in [-0.4, -0.2) is 12.7 Å². The highest BCUT2D eigenvalue weighted by atomic mass is 16.5. The van der Waals surface area contributed by atoms with Gasteiger partial charge in [-0.2, -0.15) is 0 Å². The maximum Gasteiger partial charge on any atom is 0.128 e. The van der Waals surface area contributed by atoms with Gasteiger partial charge in [-0.15, -0.1) is 0 Å². The van der Waals surface area contributed by atoms with Gasteiger partial charge in [0.2, 0.25) is 0 Å². The molecule has 3 rings (SSSR count). The number of methoxy groups -OCH3 is 1. The standard InChI is InChI=1S/C21H26O2/c1-20(2)14-5-15-21(3)19(20)13-12-18(23-21)11-8-16-6-9-17(22-4)10-7-16/h6-13H,5,14-15H2,1-4H3/b11-8+. The zero-order chi connectivity index (χ0) is 16.5. The van der Waals surface area contributed by atoms with Crippen LogP contribution >= 0.6 is 0 Å². The molecule has 1 atom stereocenters. The summed E-state index contributed by atoms with van der Waals surface area (Å²) in [5.41, 5.74) is 2.64. The monoisotopic (exact) mass is 310 g/mol. The molecule has 122 valence electrons. The van der Waals surface area contributed by atoms with E-state index in [1.807, 2.05) is 24.3 Å². The number of hydrogen-bond acceptors (Lipinski definition) is 2. The van der Waals surface area contributed by atoms with E-state index in [1.54, 1.807) is 7.11 Å². The molecule has 1 aromatic rings. The maximum absolute atomic E-state index is 6.36. The van der Waals surface area contributed by atoms with Crippen molar-refractivity contribution in [1.82, 2.24) is 0 Å². The first kappa shape index (κ1) is 15.9. The van der Waals surface area contributed by atoms with Crippen LogP contribution in [0.15, 0.2) is 53.8 Å². The Morgan fingerprint density at radius 2 is 1.74 bits per heavy atom. The second kappa shape index (κ2) is 5.92. The van der Waals surface area contributed by atoms with Gasteiger partial charge in [0.25, 0.3) is 0 Å². The summed E-state index contributed by atoms with van der Waals surface area (Å²) in [5, 5.41) is 0. The molecule has 0 radical (unpaired) electrons. The Balaban J connectivity index is 1.80. The van der Waals surface area contributed by atoms with Gasteiger partial charge >= 0.3 is 0 Å². The van der Waals surface area contributed by atoms with Crippen molar-refractivity contribution in [2.75, 3.05) is 7.11 Å². The molecule has 2 heteroatoms. The maximum atomic E-state index is 6.36. The van der Waals surface area contributed by atoms with E-state index in [4.69, 9.17) is 9.47 Å².